The van der Waals surface area contributed by atoms with Crippen LogP contribution < -0.4 is 0 Å². The lowest BCUT2D eigenvalue weighted by Gasteiger charge is -1.92. The number of ketones is 1. The zero-order chi connectivity index (χ0) is 9.68. The molecule has 0 spiro atoms. The Labute approximate surface area is 85.7 Å². The number of rotatable bonds is 5. The highest BCUT2D eigenvalue weighted by Gasteiger charge is 2.08. The average molecular weight is 220 g/mol. The highest BCUT2D eigenvalue weighted by atomic mass is 35.5. The highest BCUT2D eigenvalue weighted by Crippen LogP contribution is 2.11. The van der Waals surface area contributed by atoms with Crippen molar-refractivity contribution in [2.75, 3.05) is 19.6 Å². The van der Waals surface area contributed by atoms with Gasteiger partial charge in [0.05, 0.1) is 17.5 Å². The van der Waals surface area contributed by atoms with E-state index in [1.165, 1.54) is 11.3 Å². The van der Waals surface area contributed by atoms with Crippen molar-refractivity contribution in [2.45, 2.75) is 6.42 Å². The average Bonchev–Trinajstić information content (AvgIpc) is 2.62. The molecule has 1 aromatic rings. The SMILES string of the molecule is COCCc1nc(C(=O)CCl)cs1. The van der Waals surface area contributed by atoms with Crippen LogP contribution in [0.3, 0.4) is 0 Å². The van der Waals surface area contributed by atoms with Crippen LogP contribution in [0.25, 0.3) is 0 Å². The Kier molecular flexibility index (Phi) is 4.35. The predicted octanol–water partition coefficient (Wildman–Crippen LogP) is 1.75. The fourth-order valence-electron chi connectivity index (χ4n) is 0.812. The number of Topliss-reactive ketones (excluding diaryl/α,β-unsaturated/α-hetero) is 1. The van der Waals surface area contributed by atoms with E-state index in [-0.39, 0.29) is 11.7 Å². The zero-order valence-corrected chi connectivity index (χ0v) is 8.82. The minimum Gasteiger partial charge on any atom is -0.384 e. The lowest BCUT2D eigenvalue weighted by Crippen LogP contribution is -2.01. The molecule has 0 atom stereocenters. The molecule has 0 fully saturated rings. The van der Waals surface area contributed by atoms with Gasteiger partial charge in [0.1, 0.15) is 5.69 Å². The number of hydrogen-bond acceptors (Lipinski definition) is 4. The molecule has 0 aromatic carbocycles. The first-order chi connectivity index (χ1) is 6.27. The summed E-state index contributed by atoms with van der Waals surface area (Å²) >= 11 is 6.85. The standard InChI is InChI=1S/C8H10ClNO2S/c1-12-3-2-8-10-6(5-13-8)7(11)4-9/h5H,2-4H2,1H3. The second-order valence-corrected chi connectivity index (χ2v) is 3.64. The van der Waals surface area contributed by atoms with E-state index in [0.717, 1.165) is 11.4 Å². The number of hydrogen-bond donors (Lipinski definition) is 0. The third-order valence-electron chi connectivity index (χ3n) is 1.48. The molecule has 0 N–H and O–H groups in total. The quantitative estimate of drug-likeness (QED) is 0.560. The molecule has 1 rings (SSSR count). The second kappa shape index (κ2) is 5.32. The molecule has 0 amide bonds. The zero-order valence-electron chi connectivity index (χ0n) is 7.25. The minimum atomic E-state index is -0.124. The van der Waals surface area contributed by atoms with E-state index in [0.29, 0.717) is 12.3 Å². The van der Waals surface area contributed by atoms with Crippen LogP contribution in [-0.4, -0.2) is 30.4 Å². The number of thiazole rings is 1. The summed E-state index contributed by atoms with van der Waals surface area (Å²) in [5.74, 6) is -0.130. The molecule has 1 heterocycles. The van der Waals surface area contributed by atoms with Crippen molar-refractivity contribution in [1.82, 2.24) is 4.98 Å². The molecule has 0 aliphatic rings. The Morgan fingerprint density at radius 1 is 1.77 bits per heavy atom. The van der Waals surface area contributed by atoms with E-state index in [1.807, 2.05) is 0 Å². The van der Waals surface area contributed by atoms with Crippen LogP contribution in [0.5, 0.6) is 0 Å². The Hall–Kier alpha value is -0.450. The fourth-order valence-corrected chi connectivity index (χ4v) is 1.73. The van der Waals surface area contributed by atoms with Gasteiger partial charge in [-0.05, 0) is 0 Å². The monoisotopic (exact) mass is 219 g/mol. The summed E-state index contributed by atoms with van der Waals surface area (Å²) in [4.78, 5) is 15.2. The summed E-state index contributed by atoms with van der Waals surface area (Å²) in [6.45, 7) is 0.627. The van der Waals surface area contributed by atoms with Gasteiger partial charge in [-0.15, -0.1) is 22.9 Å². The maximum Gasteiger partial charge on any atom is 0.196 e. The largest absolute Gasteiger partial charge is 0.384 e. The van der Waals surface area contributed by atoms with E-state index in [2.05, 4.69) is 4.98 Å². The fraction of sp³-hybridized carbons (Fsp3) is 0.500. The molecule has 0 radical (unpaired) electrons. The first kappa shape index (κ1) is 10.6. The van der Waals surface area contributed by atoms with E-state index in [9.17, 15) is 4.79 Å². The predicted molar refractivity (Wildman–Crippen MR) is 52.7 cm³/mol. The first-order valence-electron chi connectivity index (χ1n) is 3.80. The number of ether oxygens (including phenoxy) is 1. The summed E-state index contributed by atoms with van der Waals surface area (Å²) in [6, 6.07) is 0. The third kappa shape index (κ3) is 3.06. The molecule has 0 bridgehead atoms. The molecule has 0 aliphatic carbocycles. The Bertz CT molecular complexity index is 287. The van der Waals surface area contributed by atoms with Gasteiger partial charge < -0.3 is 4.74 Å². The lowest BCUT2D eigenvalue weighted by molar-refractivity contribution is 0.101. The number of aromatic nitrogens is 1. The summed E-state index contributed by atoms with van der Waals surface area (Å²) in [5.41, 5.74) is 0.464. The van der Waals surface area contributed by atoms with E-state index in [1.54, 1.807) is 12.5 Å². The maximum atomic E-state index is 11.1. The maximum absolute atomic E-state index is 11.1. The van der Waals surface area contributed by atoms with Gasteiger partial charge in [0.2, 0.25) is 0 Å². The normalized spacial score (nSPS) is 10.3. The van der Waals surface area contributed by atoms with Crippen LogP contribution in [0.15, 0.2) is 5.38 Å². The van der Waals surface area contributed by atoms with Gasteiger partial charge in [-0.2, -0.15) is 0 Å². The Balaban J connectivity index is 2.58. The summed E-state index contributed by atoms with van der Waals surface area (Å²) < 4.78 is 4.90. The van der Waals surface area contributed by atoms with Crippen molar-refractivity contribution < 1.29 is 9.53 Å². The Morgan fingerprint density at radius 3 is 3.15 bits per heavy atom. The highest BCUT2D eigenvalue weighted by molar-refractivity contribution is 7.09. The molecule has 3 nitrogen and oxygen atoms in total. The van der Waals surface area contributed by atoms with Crippen molar-refractivity contribution in [3.8, 4) is 0 Å². The summed E-state index contributed by atoms with van der Waals surface area (Å²) in [5, 5.41) is 2.64. The van der Waals surface area contributed by atoms with Crippen LogP contribution in [0.1, 0.15) is 15.5 Å². The van der Waals surface area contributed by atoms with Gasteiger partial charge in [-0.1, -0.05) is 0 Å². The lowest BCUT2D eigenvalue weighted by atomic mass is 10.3. The van der Waals surface area contributed by atoms with Crippen LogP contribution in [0, 0.1) is 0 Å². The van der Waals surface area contributed by atoms with Crippen molar-refractivity contribution >= 4 is 28.7 Å². The van der Waals surface area contributed by atoms with Gasteiger partial charge in [-0.25, -0.2) is 4.98 Å². The molecule has 72 valence electrons. The number of carbonyl (C=O) groups is 1. The number of halogens is 1. The minimum absolute atomic E-state index is 0.00650. The van der Waals surface area contributed by atoms with Crippen LogP contribution >= 0.6 is 22.9 Å². The Morgan fingerprint density at radius 2 is 2.54 bits per heavy atom. The van der Waals surface area contributed by atoms with Gasteiger partial charge in [-0.3, -0.25) is 4.79 Å². The molecule has 0 aliphatic heterocycles. The number of nitrogens with zero attached hydrogens (tertiary/aromatic N) is 1. The van der Waals surface area contributed by atoms with Crippen LogP contribution in [-0.2, 0) is 11.2 Å². The van der Waals surface area contributed by atoms with Crippen molar-refractivity contribution in [3.63, 3.8) is 0 Å². The van der Waals surface area contributed by atoms with E-state index >= 15 is 0 Å². The van der Waals surface area contributed by atoms with Crippen molar-refractivity contribution in [1.29, 1.82) is 0 Å². The molecular weight excluding hydrogens is 210 g/mol. The molecule has 1 aromatic heterocycles. The molecule has 0 saturated heterocycles. The van der Waals surface area contributed by atoms with Crippen LogP contribution in [0.4, 0.5) is 0 Å². The van der Waals surface area contributed by atoms with Crippen LogP contribution in [0.2, 0.25) is 0 Å². The smallest absolute Gasteiger partial charge is 0.196 e. The second-order valence-electron chi connectivity index (χ2n) is 2.43. The van der Waals surface area contributed by atoms with Gasteiger partial charge in [0, 0.05) is 18.9 Å². The molecular formula is C8H10ClNO2S. The van der Waals surface area contributed by atoms with Gasteiger partial charge in [0.25, 0.3) is 0 Å². The van der Waals surface area contributed by atoms with Gasteiger partial charge in [0.15, 0.2) is 5.78 Å². The third-order valence-corrected chi connectivity index (χ3v) is 2.63. The first-order valence-corrected chi connectivity index (χ1v) is 5.22. The summed E-state index contributed by atoms with van der Waals surface area (Å²) in [6.07, 6.45) is 0.747. The molecule has 0 saturated carbocycles. The molecule has 5 heteroatoms. The number of carbonyl (C=O) groups excluding carboxylic acids is 1. The number of methoxy groups -OCH3 is 1. The molecule has 0 unspecified atom stereocenters. The topological polar surface area (TPSA) is 39.2 Å². The van der Waals surface area contributed by atoms with Crippen molar-refractivity contribution in [2.24, 2.45) is 0 Å². The van der Waals surface area contributed by atoms with E-state index in [4.69, 9.17) is 16.3 Å². The van der Waals surface area contributed by atoms with E-state index < -0.39 is 0 Å². The van der Waals surface area contributed by atoms with Gasteiger partial charge >= 0.3 is 0 Å². The molecule has 13 heavy (non-hydrogen) atoms. The summed E-state index contributed by atoms with van der Waals surface area (Å²) in [7, 11) is 1.64. The number of alkyl halides is 1. The van der Waals surface area contributed by atoms with Crippen molar-refractivity contribution in [3.05, 3.63) is 16.1 Å².